The van der Waals surface area contributed by atoms with Crippen molar-refractivity contribution in [3.8, 4) is 0 Å². The van der Waals surface area contributed by atoms with Gasteiger partial charge in [0.1, 0.15) is 5.82 Å². The van der Waals surface area contributed by atoms with Crippen molar-refractivity contribution in [3.05, 3.63) is 52.1 Å². The number of nitrogens with zero attached hydrogens (tertiary/aromatic N) is 1. The summed E-state index contributed by atoms with van der Waals surface area (Å²) >= 11 is 11.9. The number of hydrogen-bond donors (Lipinski definition) is 2. The fourth-order valence-electron chi connectivity index (χ4n) is 1.89. The van der Waals surface area contributed by atoms with Gasteiger partial charge >= 0.3 is 0 Å². The first-order valence-electron chi connectivity index (χ1n) is 7.05. The first kappa shape index (κ1) is 17.5. The Balaban J connectivity index is 2.01. The highest BCUT2D eigenvalue weighted by Crippen LogP contribution is 2.25. The first-order valence-corrected chi connectivity index (χ1v) is 7.81. The van der Waals surface area contributed by atoms with Crippen molar-refractivity contribution in [2.24, 2.45) is 0 Å². The third-order valence-electron chi connectivity index (χ3n) is 3.03. The summed E-state index contributed by atoms with van der Waals surface area (Å²) in [5.74, 6) is 0.368. The Morgan fingerprint density at radius 1 is 1.26 bits per heavy atom. The van der Waals surface area contributed by atoms with E-state index in [2.05, 4.69) is 15.6 Å². The summed E-state index contributed by atoms with van der Waals surface area (Å²) in [5, 5.41) is 6.80. The van der Waals surface area contributed by atoms with Gasteiger partial charge in [0.25, 0.3) is 5.91 Å². The van der Waals surface area contributed by atoms with Crippen LogP contribution in [0.15, 0.2) is 36.5 Å². The minimum absolute atomic E-state index is 0.267. The fourth-order valence-corrected chi connectivity index (χ4v) is 2.34. The van der Waals surface area contributed by atoms with Crippen LogP contribution in [-0.4, -0.2) is 31.2 Å². The van der Waals surface area contributed by atoms with E-state index in [0.29, 0.717) is 33.7 Å². The topological polar surface area (TPSA) is 63.2 Å². The molecule has 23 heavy (non-hydrogen) atoms. The molecule has 1 amide bonds. The van der Waals surface area contributed by atoms with Gasteiger partial charge in [-0.2, -0.15) is 0 Å². The summed E-state index contributed by atoms with van der Waals surface area (Å²) in [7, 11) is 1.66. The predicted octanol–water partition coefficient (Wildman–Crippen LogP) is 4.09. The van der Waals surface area contributed by atoms with Crippen molar-refractivity contribution < 1.29 is 9.53 Å². The molecule has 5 nitrogen and oxygen atoms in total. The molecule has 0 saturated carbocycles. The highest BCUT2D eigenvalue weighted by Gasteiger charge is 2.10. The molecule has 0 aliphatic carbocycles. The lowest BCUT2D eigenvalue weighted by molar-refractivity contribution is 0.102. The molecular weight excluding hydrogens is 337 g/mol. The van der Waals surface area contributed by atoms with Crippen LogP contribution in [0.25, 0.3) is 0 Å². The molecule has 0 bridgehead atoms. The molecular formula is C16H17Cl2N3O2. The van der Waals surface area contributed by atoms with Crippen LogP contribution in [0.4, 0.5) is 11.5 Å². The van der Waals surface area contributed by atoms with Crippen LogP contribution in [0.2, 0.25) is 10.0 Å². The summed E-state index contributed by atoms with van der Waals surface area (Å²) in [4.78, 5) is 16.5. The van der Waals surface area contributed by atoms with E-state index in [1.807, 2.05) is 0 Å². The van der Waals surface area contributed by atoms with Crippen LogP contribution in [-0.2, 0) is 4.74 Å². The quantitative estimate of drug-likeness (QED) is 0.735. The van der Waals surface area contributed by atoms with Crippen molar-refractivity contribution >= 4 is 40.6 Å². The van der Waals surface area contributed by atoms with E-state index in [0.717, 1.165) is 13.0 Å². The molecule has 2 aromatic rings. The summed E-state index contributed by atoms with van der Waals surface area (Å²) < 4.78 is 4.98. The van der Waals surface area contributed by atoms with Crippen LogP contribution in [0.3, 0.4) is 0 Å². The van der Waals surface area contributed by atoms with Crippen LogP contribution in [0, 0.1) is 0 Å². The summed E-state index contributed by atoms with van der Waals surface area (Å²) in [6.45, 7) is 1.39. The molecule has 122 valence electrons. The Kier molecular flexibility index (Phi) is 6.65. The van der Waals surface area contributed by atoms with Gasteiger partial charge in [0.15, 0.2) is 0 Å². The fraction of sp³-hybridized carbons (Fsp3) is 0.250. The van der Waals surface area contributed by atoms with E-state index in [1.54, 1.807) is 43.6 Å². The number of pyridine rings is 1. The van der Waals surface area contributed by atoms with Crippen LogP contribution >= 0.6 is 23.2 Å². The number of carbonyl (C=O) groups excluding carboxylic acids is 1. The summed E-state index contributed by atoms with van der Waals surface area (Å²) in [6, 6.07) is 8.23. The monoisotopic (exact) mass is 353 g/mol. The van der Waals surface area contributed by atoms with E-state index in [4.69, 9.17) is 27.9 Å². The number of anilines is 2. The maximum Gasteiger partial charge on any atom is 0.255 e. The normalized spacial score (nSPS) is 10.4. The number of benzene rings is 1. The molecule has 1 heterocycles. The van der Waals surface area contributed by atoms with Gasteiger partial charge in [-0.1, -0.05) is 23.2 Å². The molecule has 0 aliphatic rings. The van der Waals surface area contributed by atoms with E-state index < -0.39 is 0 Å². The molecule has 0 fully saturated rings. The smallest absolute Gasteiger partial charge is 0.255 e. The summed E-state index contributed by atoms with van der Waals surface area (Å²) in [5.41, 5.74) is 0.993. The molecule has 0 unspecified atom stereocenters. The van der Waals surface area contributed by atoms with E-state index >= 15 is 0 Å². The van der Waals surface area contributed by atoms with Crippen LogP contribution < -0.4 is 10.6 Å². The number of methoxy groups -OCH3 is 1. The number of hydrogen-bond acceptors (Lipinski definition) is 4. The number of nitrogens with one attached hydrogen (secondary N) is 2. The van der Waals surface area contributed by atoms with Gasteiger partial charge in [0.2, 0.25) is 0 Å². The van der Waals surface area contributed by atoms with Crippen LogP contribution in [0.1, 0.15) is 16.8 Å². The Morgan fingerprint density at radius 2 is 2.09 bits per heavy atom. The molecule has 2 N–H and O–H groups in total. The Morgan fingerprint density at radius 3 is 2.83 bits per heavy atom. The second-order valence-corrected chi connectivity index (χ2v) is 5.62. The van der Waals surface area contributed by atoms with Gasteiger partial charge in [0, 0.05) is 37.0 Å². The van der Waals surface area contributed by atoms with Gasteiger partial charge in [-0.15, -0.1) is 0 Å². The number of rotatable bonds is 7. The zero-order valence-corrected chi connectivity index (χ0v) is 14.1. The van der Waals surface area contributed by atoms with Gasteiger partial charge in [0.05, 0.1) is 10.7 Å². The molecule has 7 heteroatoms. The lowest BCUT2D eigenvalue weighted by Crippen LogP contribution is -2.13. The highest BCUT2D eigenvalue weighted by molar-refractivity contribution is 6.36. The lowest BCUT2D eigenvalue weighted by atomic mass is 10.2. The van der Waals surface area contributed by atoms with Gasteiger partial charge in [-0.3, -0.25) is 4.79 Å². The van der Waals surface area contributed by atoms with Crippen molar-refractivity contribution in [1.29, 1.82) is 0 Å². The van der Waals surface area contributed by atoms with E-state index in [9.17, 15) is 4.79 Å². The maximum absolute atomic E-state index is 12.3. The number of ether oxygens (including phenoxy) is 1. The SMILES string of the molecule is COCCCNc1cc(C(=O)Nc2ccc(Cl)cc2Cl)ccn1. The Bertz CT molecular complexity index is 680. The Labute approximate surface area is 145 Å². The second-order valence-electron chi connectivity index (χ2n) is 4.78. The molecule has 0 saturated heterocycles. The molecule has 0 aliphatic heterocycles. The molecule has 1 aromatic carbocycles. The highest BCUT2D eigenvalue weighted by atomic mass is 35.5. The second kappa shape index (κ2) is 8.72. The van der Waals surface area contributed by atoms with Crippen LogP contribution in [0.5, 0.6) is 0 Å². The van der Waals surface area contributed by atoms with Gasteiger partial charge in [-0.25, -0.2) is 4.98 Å². The van der Waals surface area contributed by atoms with E-state index in [-0.39, 0.29) is 5.91 Å². The van der Waals surface area contributed by atoms with Crippen molar-refractivity contribution in [1.82, 2.24) is 4.98 Å². The number of halogens is 2. The van der Waals surface area contributed by atoms with Gasteiger partial charge in [-0.05, 0) is 36.8 Å². The first-order chi connectivity index (χ1) is 11.1. The Hall–Kier alpha value is -1.82. The lowest BCUT2D eigenvalue weighted by Gasteiger charge is -2.09. The summed E-state index contributed by atoms with van der Waals surface area (Å²) in [6.07, 6.45) is 2.44. The van der Waals surface area contributed by atoms with Crippen molar-refractivity contribution in [2.45, 2.75) is 6.42 Å². The maximum atomic E-state index is 12.3. The molecule has 0 spiro atoms. The molecule has 0 radical (unpaired) electrons. The average Bonchev–Trinajstić information content (AvgIpc) is 2.54. The standard InChI is InChI=1S/C16H17Cl2N3O2/c1-23-8-2-6-19-15-9-11(5-7-20-15)16(22)21-14-4-3-12(17)10-13(14)18/h3-5,7,9-10H,2,6,8H2,1H3,(H,19,20)(H,21,22). The number of amides is 1. The number of aromatic nitrogens is 1. The predicted molar refractivity (Wildman–Crippen MR) is 93.6 cm³/mol. The third-order valence-corrected chi connectivity index (χ3v) is 3.58. The minimum atomic E-state index is -0.267. The zero-order valence-electron chi connectivity index (χ0n) is 12.6. The third kappa shape index (κ3) is 5.39. The molecule has 1 aromatic heterocycles. The van der Waals surface area contributed by atoms with Gasteiger partial charge < -0.3 is 15.4 Å². The number of carbonyl (C=O) groups is 1. The largest absolute Gasteiger partial charge is 0.385 e. The van der Waals surface area contributed by atoms with Crippen molar-refractivity contribution in [3.63, 3.8) is 0 Å². The molecule has 2 rings (SSSR count). The van der Waals surface area contributed by atoms with E-state index in [1.165, 1.54) is 0 Å². The zero-order chi connectivity index (χ0) is 16.7. The average molecular weight is 354 g/mol. The van der Waals surface area contributed by atoms with Crippen molar-refractivity contribution in [2.75, 3.05) is 30.9 Å². The minimum Gasteiger partial charge on any atom is -0.385 e. The molecule has 0 atom stereocenters.